The second kappa shape index (κ2) is 10.3. The summed E-state index contributed by atoms with van der Waals surface area (Å²) in [6, 6.07) is 5.95. The summed E-state index contributed by atoms with van der Waals surface area (Å²) in [6.07, 6.45) is 3.84. The van der Waals surface area contributed by atoms with Crippen LogP contribution in [0.4, 0.5) is 4.39 Å². The number of nitrogens with one attached hydrogen (secondary N) is 3. The van der Waals surface area contributed by atoms with E-state index in [1.807, 2.05) is 18.1 Å². The van der Waals surface area contributed by atoms with E-state index in [0.29, 0.717) is 19.4 Å². The number of halogens is 1. The van der Waals surface area contributed by atoms with Gasteiger partial charge in [0.15, 0.2) is 6.61 Å². The van der Waals surface area contributed by atoms with Crippen molar-refractivity contribution in [3.05, 3.63) is 68.5 Å². The second-order valence-electron chi connectivity index (χ2n) is 6.71. The highest BCUT2D eigenvalue weighted by Gasteiger charge is 2.14. The minimum Gasteiger partial charge on any atom is -0.454 e. The highest BCUT2D eigenvalue weighted by molar-refractivity contribution is 5.77. The first-order chi connectivity index (χ1) is 14.9. The number of aromatic amines is 2. The van der Waals surface area contributed by atoms with E-state index in [4.69, 9.17) is 4.74 Å². The predicted molar refractivity (Wildman–Crippen MR) is 107 cm³/mol. The van der Waals surface area contributed by atoms with Crippen LogP contribution in [0.25, 0.3) is 0 Å². The molecule has 0 spiro atoms. The fraction of sp³-hybridized carbons (Fsp3) is 0.368. The third-order valence-corrected chi connectivity index (χ3v) is 4.43. The predicted octanol–water partition coefficient (Wildman–Crippen LogP) is 0.316. The van der Waals surface area contributed by atoms with Crippen molar-refractivity contribution in [3.8, 4) is 6.01 Å². The SMILES string of the molecule is CC[C@H](c1ccc(F)cc1)n1cc(CCCNC(=O)COc2nc(=O)[nH]c(=O)[nH]2)nn1. The maximum absolute atomic E-state index is 13.2. The molecule has 0 bridgehead atoms. The summed E-state index contributed by atoms with van der Waals surface area (Å²) in [5, 5.41) is 11.0. The van der Waals surface area contributed by atoms with E-state index < -0.39 is 23.9 Å². The number of carbonyl (C=O) groups excluding carboxylic acids is 1. The molecule has 0 saturated carbocycles. The second-order valence-corrected chi connectivity index (χ2v) is 6.71. The molecule has 0 unspecified atom stereocenters. The Kier molecular flexibility index (Phi) is 7.25. The van der Waals surface area contributed by atoms with Gasteiger partial charge in [0.05, 0.1) is 11.7 Å². The summed E-state index contributed by atoms with van der Waals surface area (Å²) in [5.74, 6) is -0.707. The van der Waals surface area contributed by atoms with Crippen LogP contribution in [0.3, 0.4) is 0 Å². The molecule has 2 heterocycles. The zero-order valence-electron chi connectivity index (χ0n) is 16.8. The molecule has 31 heavy (non-hydrogen) atoms. The van der Waals surface area contributed by atoms with Gasteiger partial charge in [-0.3, -0.25) is 14.8 Å². The van der Waals surface area contributed by atoms with Crippen LogP contribution < -0.4 is 21.4 Å². The third-order valence-electron chi connectivity index (χ3n) is 4.43. The average Bonchev–Trinajstić information content (AvgIpc) is 3.19. The molecule has 164 valence electrons. The van der Waals surface area contributed by atoms with Crippen LogP contribution in [0.2, 0.25) is 0 Å². The normalized spacial score (nSPS) is 11.8. The Morgan fingerprint density at radius 3 is 2.74 bits per heavy atom. The molecule has 0 saturated heterocycles. The van der Waals surface area contributed by atoms with E-state index in [-0.39, 0.29) is 17.9 Å². The lowest BCUT2D eigenvalue weighted by Gasteiger charge is -2.15. The van der Waals surface area contributed by atoms with Crippen LogP contribution in [0.15, 0.2) is 40.1 Å². The van der Waals surface area contributed by atoms with Crippen molar-refractivity contribution < 1.29 is 13.9 Å². The average molecular weight is 431 g/mol. The van der Waals surface area contributed by atoms with Crippen molar-refractivity contribution in [2.75, 3.05) is 13.2 Å². The van der Waals surface area contributed by atoms with Gasteiger partial charge >= 0.3 is 17.4 Å². The van der Waals surface area contributed by atoms with Crippen LogP contribution >= 0.6 is 0 Å². The lowest BCUT2D eigenvalue weighted by Crippen LogP contribution is -2.32. The van der Waals surface area contributed by atoms with Gasteiger partial charge < -0.3 is 10.1 Å². The topological polar surface area (TPSA) is 148 Å². The number of ether oxygens (including phenoxy) is 1. The minimum atomic E-state index is -0.864. The summed E-state index contributed by atoms with van der Waals surface area (Å²) < 4.78 is 19.9. The Morgan fingerprint density at radius 1 is 1.26 bits per heavy atom. The van der Waals surface area contributed by atoms with Gasteiger partial charge in [-0.2, -0.15) is 0 Å². The maximum atomic E-state index is 13.2. The maximum Gasteiger partial charge on any atom is 0.353 e. The van der Waals surface area contributed by atoms with E-state index in [2.05, 4.69) is 25.6 Å². The van der Waals surface area contributed by atoms with Gasteiger partial charge in [-0.05, 0) is 37.0 Å². The molecular formula is C19H22FN7O4. The largest absolute Gasteiger partial charge is 0.454 e. The molecule has 1 atom stereocenters. The van der Waals surface area contributed by atoms with Crippen molar-refractivity contribution in [2.45, 2.75) is 32.2 Å². The number of hydrogen-bond acceptors (Lipinski definition) is 7. The van der Waals surface area contributed by atoms with E-state index in [9.17, 15) is 18.8 Å². The zero-order chi connectivity index (χ0) is 22.2. The van der Waals surface area contributed by atoms with Crippen LogP contribution in [-0.2, 0) is 11.2 Å². The standard InChI is InChI=1S/C19H22FN7O4/c1-2-15(12-5-7-13(20)8-6-12)27-10-14(25-26-27)4-3-9-21-16(28)11-31-19-23-17(29)22-18(30)24-19/h5-8,10,15H,2-4,9,11H2,1H3,(H,21,28)(H2,22,23,24,29,30)/t15-/m1/s1. The Labute approximate surface area is 175 Å². The highest BCUT2D eigenvalue weighted by atomic mass is 19.1. The Morgan fingerprint density at radius 2 is 2.03 bits per heavy atom. The van der Waals surface area contributed by atoms with Gasteiger partial charge in [0, 0.05) is 12.7 Å². The van der Waals surface area contributed by atoms with Crippen LogP contribution in [0.5, 0.6) is 6.01 Å². The molecule has 1 aromatic carbocycles. The van der Waals surface area contributed by atoms with Crippen LogP contribution in [0.1, 0.15) is 37.1 Å². The lowest BCUT2D eigenvalue weighted by atomic mass is 10.0. The first kappa shape index (κ1) is 21.9. The molecule has 0 aliphatic rings. The lowest BCUT2D eigenvalue weighted by molar-refractivity contribution is -0.123. The van der Waals surface area contributed by atoms with Crippen molar-refractivity contribution in [2.24, 2.45) is 0 Å². The van der Waals surface area contributed by atoms with Gasteiger partial charge in [0.2, 0.25) is 0 Å². The number of H-pyrrole nitrogens is 2. The molecule has 0 aliphatic heterocycles. The van der Waals surface area contributed by atoms with Crippen molar-refractivity contribution >= 4 is 5.91 Å². The summed E-state index contributed by atoms with van der Waals surface area (Å²) in [5.41, 5.74) is 0.0883. The molecular weight excluding hydrogens is 409 g/mol. The minimum absolute atomic E-state index is 0.0380. The molecule has 0 aliphatic carbocycles. The number of aryl methyl sites for hydroxylation is 1. The third kappa shape index (κ3) is 6.32. The van der Waals surface area contributed by atoms with E-state index >= 15 is 0 Å². The number of nitrogens with zero attached hydrogens (tertiary/aromatic N) is 4. The Bertz CT molecular complexity index is 1090. The summed E-state index contributed by atoms with van der Waals surface area (Å²) in [6.45, 7) is 2.01. The number of carbonyl (C=O) groups is 1. The number of hydrogen-bond donors (Lipinski definition) is 3. The van der Waals surface area contributed by atoms with Gasteiger partial charge in [0.1, 0.15) is 5.82 Å². The first-order valence-electron chi connectivity index (χ1n) is 9.71. The monoisotopic (exact) mass is 431 g/mol. The van der Waals surface area contributed by atoms with Crippen molar-refractivity contribution in [1.29, 1.82) is 0 Å². The fourth-order valence-electron chi connectivity index (χ4n) is 2.96. The number of rotatable bonds is 10. The molecule has 0 radical (unpaired) electrons. The summed E-state index contributed by atoms with van der Waals surface area (Å²) in [7, 11) is 0. The Hall–Kier alpha value is -3.83. The Balaban J connectivity index is 1.43. The molecule has 3 aromatic rings. The van der Waals surface area contributed by atoms with Crippen molar-refractivity contribution in [3.63, 3.8) is 0 Å². The first-order valence-corrected chi connectivity index (χ1v) is 9.71. The molecule has 0 fully saturated rings. The summed E-state index contributed by atoms with van der Waals surface area (Å²) in [4.78, 5) is 41.4. The van der Waals surface area contributed by atoms with Gasteiger partial charge in [-0.25, -0.2) is 18.7 Å². The highest BCUT2D eigenvalue weighted by Crippen LogP contribution is 2.21. The molecule has 3 rings (SSSR count). The van der Waals surface area contributed by atoms with Gasteiger partial charge in [0.25, 0.3) is 5.91 Å². The van der Waals surface area contributed by atoms with Gasteiger partial charge in [-0.15, -0.1) is 10.1 Å². The van der Waals surface area contributed by atoms with Gasteiger partial charge in [-0.1, -0.05) is 24.3 Å². The molecule has 1 amide bonds. The molecule has 12 heteroatoms. The molecule has 11 nitrogen and oxygen atoms in total. The van der Waals surface area contributed by atoms with E-state index in [1.54, 1.807) is 16.8 Å². The zero-order valence-corrected chi connectivity index (χ0v) is 16.8. The molecule has 3 N–H and O–H groups in total. The number of amides is 1. The van der Waals surface area contributed by atoms with E-state index in [0.717, 1.165) is 17.7 Å². The smallest absolute Gasteiger partial charge is 0.353 e. The van der Waals surface area contributed by atoms with E-state index in [1.165, 1.54) is 12.1 Å². The van der Waals surface area contributed by atoms with Crippen LogP contribution in [-0.4, -0.2) is 49.0 Å². The van der Waals surface area contributed by atoms with Crippen molar-refractivity contribution in [1.82, 2.24) is 35.3 Å². The summed E-state index contributed by atoms with van der Waals surface area (Å²) >= 11 is 0. The molecule has 2 aromatic heterocycles. The number of benzene rings is 1. The quantitative estimate of drug-likeness (QED) is 0.392. The number of aromatic nitrogens is 6. The van der Waals surface area contributed by atoms with Crippen LogP contribution in [0, 0.1) is 5.82 Å². The fourth-order valence-corrected chi connectivity index (χ4v) is 2.96.